The number of nitrogens with zero attached hydrogens (tertiary/aromatic N) is 2. The van der Waals surface area contributed by atoms with Gasteiger partial charge in [-0.25, -0.2) is 4.79 Å². The van der Waals surface area contributed by atoms with Crippen molar-refractivity contribution in [2.45, 2.75) is 45.6 Å². The lowest BCUT2D eigenvalue weighted by molar-refractivity contribution is -0.143. The zero-order valence-electron chi connectivity index (χ0n) is 11.8. The number of carboxylic acids is 1. The quantitative estimate of drug-likeness (QED) is 0.848. The maximum absolute atomic E-state index is 12.5. The highest BCUT2D eigenvalue weighted by Crippen LogP contribution is 2.29. The van der Waals surface area contributed by atoms with E-state index in [1.807, 2.05) is 4.90 Å². The minimum absolute atomic E-state index is 0.0437. The van der Waals surface area contributed by atoms with Crippen molar-refractivity contribution in [3.05, 3.63) is 0 Å². The average Bonchev–Trinajstić information content (AvgIpc) is 3.19. The topological polar surface area (TPSA) is 60.9 Å². The number of urea groups is 1. The smallest absolute Gasteiger partial charge is 0.320 e. The molecule has 1 atom stereocenters. The van der Waals surface area contributed by atoms with Gasteiger partial charge in [-0.3, -0.25) is 4.79 Å². The minimum atomic E-state index is -0.778. The number of carbonyl (C=O) groups excluding carboxylic acids is 1. The number of rotatable bonds is 4. The molecule has 19 heavy (non-hydrogen) atoms. The van der Waals surface area contributed by atoms with Gasteiger partial charge in [0.05, 0.1) is 5.92 Å². The zero-order chi connectivity index (χ0) is 14.0. The van der Waals surface area contributed by atoms with Crippen LogP contribution in [-0.2, 0) is 4.79 Å². The van der Waals surface area contributed by atoms with Crippen LogP contribution in [0.1, 0.15) is 39.5 Å². The van der Waals surface area contributed by atoms with Gasteiger partial charge in [0.25, 0.3) is 0 Å². The third-order valence-electron chi connectivity index (χ3n) is 3.84. The van der Waals surface area contributed by atoms with Crippen LogP contribution in [0.4, 0.5) is 4.79 Å². The first kappa shape index (κ1) is 14.2. The Morgan fingerprint density at radius 1 is 1.32 bits per heavy atom. The molecule has 108 valence electrons. The summed E-state index contributed by atoms with van der Waals surface area (Å²) in [6, 6.07) is 0.433. The molecule has 1 aliphatic heterocycles. The molecule has 1 saturated carbocycles. The molecule has 2 amide bonds. The van der Waals surface area contributed by atoms with Crippen LogP contribution in [0.15, 0.2) is 0 Å². The second-order valence-electron chi connectivity index (χ2n) is 6.18. The fourth-order valence-corrected chi connectivity index (χ4v) is 2.70. The van der Waals surface area contributed by atoms with Crippen molar-refractivity contribution in [3.8, 4) is 0 Å². The molecule has 0 bridgehead atoms. The summed E-state index contributed by atoms with van der Waals surface area (Å²) in [5.74, 6) is -0.721. The average molecular weight is 268 g/mol. The Labute approximate surface area is 114 Å². The number of amides is 2. The molecule has 0 aromatic rings. The molecular formula is C14H24N2O3. The second-order valence-corrected chi connectivity index (χ2v) is 6.18. The van der Waals surface area contributed by atoms with Crippen molar-refractivity contribution in [1.29, 1.82) is 0 Å². The van der Waals surface area contributed by atoms with Gasteiger partial charge in [-0.2, -0.15) is 0 Å². The highest BCUT2D eigenvalue weighted by atomic mass is 16.4. The number of carboxylic acid groups (broad SMARTS) is 1. The van der Waals surface area contributed by atoms with E-state index < -0.39 is 11.9 Å². The molecule has 0 aromatic heterocycles. The van der Waals surface area contributed by atoms with Gasteiger partial charge in [0.2, 0.25) is 0 Å². The largest absolute Gasteiger partial charge is 0.481 e. The van der Waals surface area contributed by atoms with E-state index in [0.29, 0.717) is 31.5 Å². The molecule has 0 aromatic carbocycles. The van der Waals surface area contributed by atoms with Crippen LogP contribution in [-0.4, -0.2) is 52.6 Å². The van der Waals surface area contributed by atoms with Crippen molar-refractivity contribution in [3.63, 3.8) is 0 Å². The van der Waals surface area contributed by atoms with Crippen LogP contribution in [0.2, 0.25) is 0 Å². The summed E-state index contributed by atoms with van der Waals surface area (Å²) < 4.78 is 0. The standard InChI is InChI=1S/C14H24N2O3/c1-10(2)8-16(12-5-6-12)14(19)15-7-3-4-11(9-15)13(17)18/h10-12H,3-9H2,1-2H3,(H,17,18)/t11-/m0/s1. The number of hydrogen-bond acceptors (Lipinski definition) is 2. The molecule has 2 aliphatic rings. The van der Waals surface area contributed by atoms with Crippen LogP contribution < -0.4 is 0 Å². The van der Waals surface area contributed by atoms with Crippen LogP contribution in [0.25, 0.3) is 0 Å². The fourth-order valence-electron chi connectivity index (χ4n) is 2.70. The van der Waals surface area contributed by atoms with Crippen LogP contribution in [0.3, 0.4) is 0 Å². The van der Waals surface area contributed by atoms with E-state index in [-0.39, 0.29) is 6.03 Å². The fraction of sp³-hybridized carbons (Fsp3) is 0.857. The molecule has 0 spiro atoms. The summed E-state index contributed by atoms with van der Waals surface area (Å²) in [5.41, 5.74) is 0. The summed E-state index contributed by atoms with van der Waals surface area (Å²) in [6.45, 7) is 6.06. The van der Waals surface area contributed by atoms with Gasteiger partial charge in [-0.1, -0.05) is 13.8 Å². The predicted molar refractivity (Wildman–Crippen MR) is 71.9 cm³/mol. The first-order chi connectivity index (χ1) is 8.99. The van der Waals surface area contributed by atoms with Crippen molar-refractivity contribution < 1.29 is 14.7 Å². The van der Waals surface area contributed by atoms with Gasteiger partial charge >= 0.3 is 12.0 Å². The normalized spacial score (nSPS) is 23.5. The monoisotopic (exact) mass is 268 g/mol. The molecular weight excluding hydrogens is 244 g/mol. The Kier molecular flexibility index (Phi) is 4.32. The van der Waals surface area contributed by atoms with Crippen LogP contribution >= 0.6 is 0 Å². The summed E-state index contributed by atoms with van der Waals surface area (Å²) in [6.07, 6.45) is 3.67. The summed E-state index contributed by atoms with van der Waals surface area (Å²) in [5, 5.41) is 9.09. The van der Waals surface area contributed by atoms with Gasteiger partial charge in [-0.15, -0.1) is 0 Å². The number of likely N-dealkylation sites (tertiary alicyclic amines) is 1. The SMILES string of the molecule is CC(C)CN(C(=O)N1CCC[C@H](C(=O)O)C1)C1CC1. The van der Waals surface area contributed by atoms with Gasteiger partial charge in [0.15, 0.2) is 0 Å². The summed E-state index contributed by atoms with van der Waals surface area (Å²) >= 11 is 0. The van der Waals surface area contributed by atoms with Crippen molar-refractivity contribution in [2.75, 3.05) is 19.6 Å². The molecule has 2 rings (SSSR count). The molecule has 0 radical (unpaired) electrons. The molecule has 1 saturated heterocycles. The third-order valence-corrected chi connectivity index (χ3v) is 3.84. The van der Waals surface area contributed by atoms with Crippen molar-refractivity contribution in [1.82, 2.24) is 9.80 Å². The molecule has 1 aliphatic carbocycles. The van der Waals surface area contributed by atoms with Gasteiger partial charge in [-0.05, 0) is 31.6 Å². The second kappa shape index (κ2) is 5.80. The number of aliphatic carboxylic acids is 1. The summed E-state index contributed by atoms with van der Waals surface area (Å²) in [7, 11) is 0. The molecule has 2 fully saturated rings. The Bertz CT molecular complexity index is 353. The molecule has 5 heteroatoms. The third kappa shape index (κ3) is 3.61. The van der Waals surface area contributed by atoms with E-state index in [4.69, 9.17) is 5.11 Å². The molecule has 1 N–H and O–H groups in total. The van der Waals surface area contributed by atoms with E-state index in [1.165, 1.54) is 0 Å². The molecule has 5 nitrogen and oxygen atoms in total. The molecule has 1 heterocycles. The van der Waals surface area contributed by atoms with E-state index >= 15 is 0 Å². The van der Waals surface area contributed by atoms with Crippen LogP contribution in [0, 0.1) is 11.8 Å². The molecule has 0 unspecified atom stereocenters. The maximum Gasteiger partial charge on any atom is 0.320 e. The van der Waals surface area contributed by atoms with Crippen molar-refractivity contribution in [2.24, 2.45) is 11.8 Å². The lowest BCUT2D eigenvalue weighted by Gasteiger charge is -2.36. The highest BCUT2D eigenvalue weighted by Gasteiger charge is 2.37. The lowest BCUT2D eigenvalue weighted by atomic mass is 9.98. The Morgan fingerprint density at radius 2 is 2.00 bits per heavy atom. The van der Waals surface area contributed by atoms with Crippen molar-refractivity contribution >= 4 is 12.0 Å². The first-order valence-corrected chi connectivity index (χ1v) is 7.27. The lowest BCUT2D eigenvalue weighted by Crippen LogP contribution is -2.50. The summed E-state index contributed by atoms with van der Waals surface area (Å²) in [4.78, 5) is 27.3. The Balaban J connectivity index is 1.98. The van der Waals surface area contributed by atoms with E-state index in [0.717, 1.165) is 25.8 Å². The minimum Gasteiger partial charge on any atom is -0.481 e. The Hall–Kier alpha value is -1.26. The van der Waals surface area contributed by atoms with Crippen LogP contribution in [0.5, 0.6) is 0 Å². The highest BCUT2D eigenvalue weighted by molar-refractivity contribution is 5.77. The van der Waals surface area contributed by atoms with Gasteiger partial charge < -0.3 is 14.9 Å². The van der Waals surface area contributed by atoms with E-state index in [2.05, 4.69) is 13.8 Å². The van der Waals surface area contributed by atoms with E-state index in [1.54, 1.807) is 4.90 Å². The van der Waals surface area contributed by atoms with Gasteiger partial charge in [0.1, 0.15) is 0 Å². The predicted octanol–water partition coefficient (Wildman–Crippen LogP) is 2.02. The number of hydrogen-bond donors (Lipinski definition) is 1. The maximum atomic E-state index is 12.5. The number of carbonyl (C=O) groups is 2. The van der Waals surface area contributed by atoms with Gasteiger partial charge in [0, 0.05) is 25.7 Å². The first-order valence-electron chi connectivity index (χ1n) is 7.27. The van der Waals surface area contributed by atoms with E-state index in [9.17, 15) is 9.59 Å². The zero-order valence-corrected chi connectivity index (χ0v) is 11.8. The Morgan fingerprint density at radius 3 is 2.53 bits per heavy atom. The number of piperidine rings is 1.